The maximum Gasteiger partial charge on any atom is 0.338 e. The van der Waals surface area contributed by atoms with Gasteiger partial charge in [0.2, 0.25) is 0 Å². The molecule has 0 radical (unpaired) electrons. The van der Waals surface area contributed by atoms with Crippen molar-refractivity contribution < 1.29 is 14.3 Å². The molecule has 3 rings (SSSR count). The van der Waals surface area contributed by atoms with Crippen molar-refractivity contribution in [1.82, 2.24) is 20.3 Å². The van der Waals surface area contributed by atoms with E-state index >= 15 is 0 Å². The van der Waals surface area contributed by atoms with Crippen LogP contribution in [0.5, 0.6) is 0 Å². The van der Waals surface area contributed by atoms with Crippen molar-refractivity contribution >= 4 is 29.0 Å². The second-order valence-corrected chi connectivity index (χ2v) is 5.58. The number of hydrogen-bond donors (Lipinski definition) is 2. The normalized spacial score (nSPS) is 10.4. The van der Waals surface area contributed by atoms with Gasteiger partial charge in [-0.15, -0.1) is 0 Å². The molecule has 2 amide bonds. The summed E-state index contributed by atoms with van der Waals surface area (Å²) >= 11 is 0. The molecule has 2 N–H and O–H groups in total. The number of hydrogen-bond acceptors (Lipinski definition) is 6. The van der Waals surface area contributed by atoms with Gasteiger partial charge >= 0.3 is 12.0 Å². The summed E-state index contributed by atoms with van der Waals surface area (Å²) in [5.74, 6) is -0.0141. The summed E-state index contributed by atoms with van der Waals surface area (Å²) < 4.78 is 5.03. The lowest BCUT2D eigenvalue weighted by atomic mass is 10.1. The second-order valence-electron chi connectivity index (χ2n) is 5.58. The SMILES string of the molecule is CCNC(=O)Nc1ccc2ncc(-c3cccc(C(=O)OCC)c3)nc2n1. The molecule has 0 saturated carbocycles. The predicted molar refractivity (Wildman–Crippen MR) is 101 cm³/mol. The average molecular weight is 365 g/mol. The molecule has 2 heterocycles. The molecule has 0 atom stereocenters. The maximum atomic E-state index is 11.9. The highest BCUT2D eigenvalue weighted by Crippen LogP contribution is 2.21. The third-order valence-corrected chi connectivity index (χ3v) is 3.66. The fourth-order valence-corrected chi connectivity index (χ4v) is 2.45. The predicted octanol–water partition coefficient (Wildman–Crippen LogP) is 3.01. The lowest BCUT2D eigenvalue weighted by molar-refractivity contribution is 0.0526. The molecule has 0 saturated heterocycles. The molecule has 0 aliphatic heterocycles. The van der Waals surface area contributed by atoms with Crippen molar-refractivity contribution in [3.05, 3.63) is 48.2 Å². The Bertz CT molecular complexity index is 990. The molecule has 0 spiro atoms. The molecule has 0 aliphatic rings. The highest BCUT2D eigenvalue weighted by atomic mass is 16.5. The fourth-order valence-electron chi connectivity index (χ4n) is 2.45. The minimum absolute atomic E-state index is 0.310. The van der Waals surface area contributed by atoms with E-state index in [1.165, 1.54) is 0 Å². The fraction of sp³-hybridized carbons (Fsp3) is 0.211. The summed E-state index contributed by atoms with van der Waals surface area (Å²) in [7, 11) is 0. The van der Waals surface area contributed by atoms with Crippen molar-refractivity contribution in [3.8, 4) is 11.3 Å². The number of anilines is 1. The van der Waals surface area contributed by atoms with Gasteiger partial charge in [0.25, 0.3) is 0 Å². The van der Waals surface area contributed by atoms with E-state index in [4.69, 9.17) is 4.74 Å². The molecule has 0 bridgehead atoms. The Morgan fingerprint density at radius 3 is 2.74 bits per heavy atom. The van der Waals surface area contributed by atoms with E-state index in [2.05, 4.69) is 25.6 Å². The Labute approximate surface area is 156 Å². The topological polar surface area (TPSA) is 106 Å². The van der Waals surface area contributed by atoms with Gasteiger partial charge in [0.05, 0.1) is 24.1 Å². The lowest BCUT2D eigenvalue weighted by Crippen LogP contribution is -2.28. The number of fused-ring (bicyclic) bond motifs is 1. The van der Waals surface area contributed by atoms with Gasteiger partial charge in [-0.25, -0.2) is 19.6 Å². The Hall–Kier alpha value is -3.55. The number of nitrogens with zero attached hydrogens (tertiary/aromatic N) is 3. The zero-order valence-electron chi connectivity index (χ0n) is 15.0. The van der Waals surface area contributed by atoms with Crippen LogP contribution in [0.3, 0.4) is 0 Å². The van der Waals surface area contributed by atoms with E-state index in [0.717, 1.165) is 5.56 Å². The molecule has 3 aromatic rings. The smallest absolute Gasteiger partial charge is 0.338 e. The molecule has 138 valence electrons. The molecular weight excluding hydrogens is 346 g/mol. The summed E-state index contributed by atoms with van der Waals surface area (Å²) in [5.41, 5.74) is 2.72. The minimum atomic E-state index is -0.389. The molecule has 27 heavy (non-hydrogen) atoms. The van der Waals surface area contributed by atoms with E-state index in [-0.39, 0.29) is 12.0 Å². The molecule has 8 nitrogen and oxygen atoms in total. The molecular formula is C19H19N5O3. The molecule has 0 fully saturated rings. The van der Waals surface area contributed by atoms with Crippen LogP contribution >= 0.6 is 0 Å². The van der Waals surface area contributed by atoms with Crippen molar-refractivity contribution in [2.45, 2.75) is 13.8 Å². The summed E-state index contributed by atoms with van der Waals surface area (Å²) in [6, 6.07) is 10.0. The van der Waals surface area contributed by atoms with Gasteiger partial charge in [0, 0.05) is 12.1 Å². The summed E-state index contributed by atoms with van der Waals surface area (Å²) in [4.78, 5) is 36.8. The third-order valence-electron chi connectivity index (χ3n) is 3.66. The van der Waals surface area contributed by atoms with Crippen LogP contribution in [0, 0.1) is 0 Å². The van der Waals surface area contributed by atoms with Crippen LogP contribution in [-0.4, -0.2) is 40.1 Å². The van der Waals surface area contributed by atoms with Crippen LogP contribution in [0.25, 0.3) is 22.4 Å². The second kappa shape index (κ2) is 8.22. The quantitative estimate of drug-likeness (QED) is 0.673. The number of rotatable bonds is 5. The van der Waals surface area contributed by atoms with Crippen molar-refractivity contribution in [2.75, 3.05) is 18.5 Å². The van der Waals surface area contributed by atoms with Gasteiger partial charge in [-0.05, 0) is 38.1 Å². The van der Waals surface area contributed by atoms with Crippen molar-refractivity contribution in [1.29, 1.82) is 0 Å². The number of aromatic nitrogens is 3. The first-order valence-corrected chi connectivity index (χ1v) is 8.57. The maximum absolute atomic E-state index is 11.9. The Morgan fingerprint density at radius 1 is 1.11 bits per heavy atom. The zero-order valence-corrected chi connectivity index (χ0v) is 15.0. The van der Waals surface area contributed by atoms with Gasteiger partial charge in [-0.2, -0.15) is 0 Å². The van der Waals surface area contributed by atoms with E-state index in [1.807, 2.05) is 13.0 Å². The summed E-state index contributed by atoms with van der Waals surface area (Å²) in [6.45, 7) is 4.41. The number of ether oxygens (including phenoxy) is 1. The van der Waals surface area contributed by atoms with Gasteiger partial charge in [0.1, 0.15) is 11.3 Å². The first-order valence-electron chi connectivity index (χ1n) is 8.57. The van der Waals surface area contributed by atoms with Gasteiger partial charge in [-0.3, -0.25) is 10.3 Å². The minimum Gasteiger partial charge on any atom is -0.462 e. The van der Waals surface area contributed by atoms with Gasteiger partial charge in [-0.1, -0.05) is 12.1 Å². The van der Waals surface area contributed by atoms with Crippen LogP contribution < -0.4 is 10.6 Å². The van der Waals surface area contributed by atoms with Crippen molar-refractivity contribution in [3.63, 3.8) is 0 Å². The number of amides is 2. The van der Waals surface area contributed by atoms with Crippen LogP contribution in [0.15, 0.2) is 42.6 Å². The first kappa shape index (κ1) is 18.2. The summed E-state index contributed by atoms with van der Waals surface area (Å²) in [5, 5.41) is 5.28. The molecule has 0 unspecified atom stereocenters. The average Bonchev–Trinajstić information content (AvgIpc) is 2.68. The first-order chi connectivity index (χ1) is 13.1. The van der Waals surface area contributed by atoms with Crippen LogP contribution in [-0.2, 0) is 4.74 Å². The molecule has 1 aromatic carbocycles. The van der Waals surface area contributed by atoms with Crippen molar-refractivity contribution in [2.24, 2.45) is 0 Å². The summed E-state index contributed by atoms with van der Waals surface area (Å²) in [6.07, 6.45) is 1.62. The Morgan fingerprint density at radius 2 is 1.96 bits per heavy atom. The van der Waals surface area contributed by atoms with E-state index < -0.39 is 0 Å². The van der Waals surface area contributed by atoms with Gasteiger partial charge in [0.15, 0.2) is 5.65 Å². The number of esters is 1. The number of urea groups is 1. The number of carbonyl (C=O) groups is 2. The molecule has 0 aliphatic carbocycles. The Balaban J connectivity index is 1.92. The van der Waals surface area contributed by atoms with Crippen LogP contribution in [0.1, 0.15) is 24.2 Å². The highest BCUT2D eigenvalue weighted by molar-refractivity contribution is 5.91. The number of nitrogens with one attached hydrogen (secondary N) is 2. The van der Waals surface area contributed by atoms with E-state index in [0.29, 0.717) is 41.4 Å². The van der Waals surface area contributed by atoms with Crippen LogP contribution in [0.4, 0.5) is 10.6 Å². The number of carbonyl (C=O) groups excluding carboxylic acids is 2. The standard InChI is InChI=1S/C19H19N5O3/c1-3-20-19(26)24-16-9-8-14-17(23-16)22-15(11-21-14)12-6-5-7-13(10-12)18(25)27-4-2/h5-11H,3-4H2,1-2H3,(H2,20,22,23,24,26). The molecule has 8 heteroatoms. The van der Waals surface area contributed by atoms with E-state index in [1.54, 1.807) is 43.5 Å². The molecule has 2 aromatic heterocycles. The number of benzene rings is 1. The van der Waals surface area contributed by atoms with E-state index in [9.17, 15) is 9.59 Å². The highest BCUT2D eigenvalue weighted by Gasteiger charge is 2.10. The number of pyridine rings is 1. The van der Waals surface area contributed by atoms with Crippen LogP contribution in [0.2, 0.25) is 0 Å². The Kier molecular flexibility index (Phi) is 5.55. The van der Waals surface area contributed by atoms with Gasteiger partial charge < -0.3 is 10.1 Å². The third kappa shape index (κ3) is 4.35. The zero-order chi connectivity index (χ0) is 19.2. The lowest BCUT2D eigenvalue weighted by Gasteiger charge is -2.07. The monoisotopic (exact) mass is 365 g/mol. The largest absolute Gasteiger partial charge is 0.462 e.